The Labute approximate surface area is 239 Å². The van der Waals surface area contributed by atoms with Crippen LogP contribution in [0.1, 0.15) is 22.3 Å². The van der Waals surface area contributed by atoms with Gasteiger partial charge in [-0.25, -0.2) is 0 Å². The Morgan fingerprint density at radius 1 is 0.550 bits per heavy atom. The van der Waals surface area contributed by atoms with E-state index in [4.69, 9.17) is 23.2 Å². The minimum Gasteiger partial charge on any atom is -0.606 e. The van der Waals surface area contributed by atoms with Crippen LogP contribution in [0.3, 0.4) is 0 Å². The Morgan fingerprint density at radius 2 is 0.875 bits per heavy atom. The normalized spacial score (nSPS) is 13.2. The lowest BCUT2D eigenvalue weighted by Crippen LogP contribution is -2.12. The minimum absolute atomic E-state index is 0.000819. The molecule has 4 aromatic carbocycles. The van der Waals surface area contributed by atoms with Gasteiger partial charge in [-0.2, -0.15) is 26.3 Å². The second-order valence-corrected chi connectivity index (χ2v) is 10.8. The van der Waals surface area contributed by atoms with Crippen LogP contribution in [0.25, 0.3) is 23.3 Å². The number of rotatable bonds is 6. The van der Waals surface area contributed by atoms with Gasteiger partial charge in [-0.3, -0.25) is 0 Å². The van der Waals surface area contributed by atoms with Crippen LogP contribution in [-0.2, 0) is 11.2 Å². The molecule has 0 N–H and O–H groups in total. The van der Waals surface area contributed by atoms with Gasteiger partial charge >= 0.3 is 12.4 Å². The molecule has 206 valence electrons. The molecular formula is C30H18Cl2F6OS. The molecule has 4 rings (SSSR count). The first-order valence-corrected chi connectivity index (χ1v) is 13.4. The second kappa shape index (κ2) is 12.1. The van der Waals surface area contributed by atoms with Crippen LogP contribution in [-0.4, -0.2) is 16.9 Å². The Kier molecular flexibility index (Phi) is 9.05. The third kappa shape index (κ3) is 7.12. The minimum atomic E-state index is -4.76. The van der Waals surface area contributed by atoms with Crippen molar-refractivity contribution in [2.24, 2.45) is 0 Å². The van der Waals surface area contributed by atoms with Crippen molar-refractivity contribution >= 4 is 57.7 Å². The molecule has 0 aliphatic rings. The number of benzene rings is 4. The SMILES string of the molecule is [O-][S+](c1ccccc1/C=C(/c1ccc(Cl)cc1)C(F)(F)F)c1ccccc1/C=C(/c1ccc(Cl)cc1)C(F)(F)F. The number of allylic oxidation sites excluding steroid dienone is 2. The second-order valence-electron chi connectivity index (χ2n) is 8.47. The van der Waals surface area contributed by atoms with Crippen LogP contribution >= 0.6 is 23.2 Å². The number of alkyl halides is 6. The van der Waals surface area contributed by atoms with Crippen LogP contribution in [0.5, 0.6) is 0 Å². The van der Waals surface area contributed by atoms with Crippen LogP contribution in [0.4, 0.5) is 26.3 Å². The fourth-order valence-electron chi connectivity index (χ4n) is 3.88. The topological polar surface area (TPSA) is 23.1 Å². The molecule has 1 nitrogen and oxygen atoms in total. The smallest absolute Gasteiger partial charge is 0.417 e. The van der Waals surface area contributed by atoms with Gasteiger partial charge in [0.05, 0.1) is 11.1 Å². The van der Waals surface area contributed by atoms with Gasteiger partial charge in [0, 0.05) is 32.3 Å². The summed E-state index contributed by atoms with van der Waals surface area (Å²) in [5, 5.41) is 0.515. The molecule has 0 heterocycles. The number of hydrogen-bond donors (Lipinski definition) is 0. The molecule has 0 saturated heterocycles. The summed E-state index contributed by atoms with van der Waals surface area (Å²) in [5.41, 5.74) is -2.31. The molecule has 10 heteroatoms. The maximum atomic E-state index is 14.1. The molecule has 0 atom stereocenters. The van der Waals surface area contributed by atoms with E-state index in [9.17, 15) is 30.9 Å². The van der Waals surface area contributed by atoms with Gasteiger partial charge in [0.25, 0.3) is 0 Å². The summed E-state index contributed by atoms with van der Waals surface area (Å²) in [6, 6.07) is 21.6. The molecule has 0 aromatic heterocycles. The van der Waals surface area contributed by atoms with Crippen molar-refractivity contribution in [3.63, 3.8) is 0 Å². The van der Waals surface area contributed by atoms with Gasteiger partial charge < -0.3 is 4.55 Å². The van der Waals surface area contributed by atoms with E-state index < -0.39 is 34.7 Å². The van der Waals surface area contributed by atoms with Crippen molar-refractivity contribution in [2.75, 3.05) is 0 Å². The van der Waals surface area contributed by atoms with Gasteiger partial charge in [0.2, 0.25) is 0 Å². The molecule has 0 fully saturated rings. The zero-order valence-corrected chi connectivity index (χ0v) is 22.6. The molecule has 0 amide bonds. The highest BCUT2D eigenvalue weighted by Crippen LogP contribution is 2.40. The summed E-state index contributed by atoms with van der Waals surface area (Å²) in [6.45, 7) is 0. The number of hydrogen-bond acceptors (Lipinski definition) is 1. The summed E-state index contributed by atoms with van der Waals surface area (Å²) >= 11 is 9.51. The Balaban J connectivity index is 1.83. The van der Waals surface area contributed by atoms with Crippen LogP contribution in [0, 0.1) is 0 Å². The molecular weight excluding hydrogens is 593 g/mol. The predicted octanol–water partition coefficient (Wildman–Crippen LogP) is 10.4. The van der Waals surface area contributed by atoms with Crippen molar-refractivity contribution in [2.45, 2.75) is 22.1 Å². The molecule has 40 heavy (non-hydrogen) atoms. The summed E-state index contributed by atoms with van der Waals surface area (Å²) in [4.78, 5) is -0.00164. The highest BCUT2D eigenvalue weighted by molar-refractivity contribution is 7.91. The lowest BCUT2D eigenvalue weighted by atomic mass is 10.0. The van der Waals surface area contributed by atoms with Gasteiger partial charge in [0.1, 0.15) is 0 Å². The van der Waals surface area contributed by atoms with Gasteiger partial charge in [0.15, 0.2) is 9.79 Å². The van der Waals surface area contributed by atoms with E-state index in [0.29, 0.717) is 0 Å². The summed E-state index contributed by atoms with van der Waals surface area (Å²) in [5.74, 6) is 0. The van der Waals surface area contributed by atoms with Gasteiger partial charge in [-0.1, -0.05) is 71.7 Å². The number of halogens is 8. The quantitative estimate of drug-likeness (QED) is 0.121. The Bertz CT molecular complexity index is 1430. The highest BCUT2D eigenvalue weighted by Gasteiger charge is 2.36. The van der Waals surface area contributed by atoms with E-state index in [-0.39, 0.29) is 42.1 Å². The maximum absolute atomic E-state index is 14.1. The zero-order valence-electron chi connectivity index (χ0n) is 20.2. The van der Waals surface area contributed by atoms with Crippen molar-refractivity contribution in [1.29, 1.82) is 0 Å². The van der Waals surface area contributed by atoms with E-state index in [2.05, 4.69) is 0 Å². The van der Waals surface area contributed by atoms with Crippen LogP contribution < -0.4 is 0 Å². The van der Waals surface area contributed by atoms with Crippen molar-refractivity contribution in [1.82, 2.24) is 0 Å². The van der Waals surface area contributed by atoms with E-state index >= 15 is 0 Å². The largest absolute Gasteiger partial charge is 0.606 e. The predicted molar refractivity (Wildman–Crippen MR) is 148 cm³/mol. The lowest BCUT2D eigenvalue weighted by Gasteiger charge is -2.17. The highest BCUT2D eigenvalue weighted by atomic mass is 35.5. The first kappa shape index (κ1) is 29.8. The van der Waals surface area contributed by atoms with Crippen LogP contribution in [0.15, 0.2) is 107 Å². The van der Waals surface area contributed by atoms with Crippen molar-refractivity contribution in [3.8, 4) is 0 Å². The average Bonchev–Trinajstić information content (AvgIpc) is 2.90. The maximum Gasteiger partial charge on any atom is 0.417 e. The molecule has 4 aromatic rings. The lowest BCUT2D eigenvalue weighted by molar-refractivity contribution is -0.0692. The standard InChI is InChI=1S/C30H18Cl2F6OS/c31-23-13-9-19(10-14-23)25(29(33,34)35)17-21-5-1-3-7-27(21)40(39)28-8-4-2-6-22(28)18-26(30(36,37)38)20-11-15-24(32)16-12-20/h1-18H/b25-17-,26-18-. The zero-order chi connectivity index (χ0) is 29.1. The molecule has 0 saturated carbocycles. The van der Waals surface area contributed by atoms with E-state index in [0.717, 1.165) is 12.2 Å². The molecule has 0 unspecified atom stereocenters. The summed E-state index contributed by atoms with van der Waals surface area (Å²) in [7, 11) is 0. The Morgan fingerprint density at radius 3 is 1.20 bits per heavy atom. The van der Waals surface area contributed by atoms with Crippen LogP contribution in [0.2, 0.25) is 10.0 Å². The van der Waals surface area contributed by atoms with E-state index in [1.807, 2.05) is 0 Å². The fourth-order valence-corrected chi connectivity index (χ4v) is 5.46. The summed E-state index contributed by atoms with van der Waals surface area (Å²) < 4.78 is 98.1. The van der Waals surface area contributed by atoms with Gasteiger partial charge in [-0.15, -0.1) is 0 Å². The van der Waals surface area contributed by atoms with Gasteiger partial charge in [-0.05, 0) is 71.8 Å². The first-order valence-electron chi connectivity index (χ1n) is 11.5. The first-order chi connectivity index (χ1) is 18.8. The molecule has 0 radical (unpaired) electrons. The third-order valence-electron chi connectivity index (χ3n) is 5.76. The monoisotopic (exact) mass is 610 g/mol. The van der Waals surface area contributed by atoms with E-state index in [1.165, 1.54) is 97.1 Å². The Hall–Kier alpha value is -3.17. The average molecular weight is 611 g/mol. The van der Waals surface area contributed by atoms with Crippen molar-refractivity contribution < 1.29 is 30.9 Å². The summed E-state index contributed by atoms with van der Waals surface area (Å²) in [6.07, 6.45) is -7.79. The third-order valence-corrected chi connectivity index (χ3v) is 7.80. The molecule has 0 aliphatic heterocycles. The van der Waals surface area contributed by atoms with Crippen molar-refractivity contribution in [3.05, 3.63) is 129 Å². The molecule has 0 bridgehead atoms. The molecule has 0 aliphatic carbocycles. The van der Waals surface area contributed by atoms with E-state index in [1.54, 1.807) is 0 Å². The fraction of sp³-hybridized carbons (Fsp3) is 0.0667. The molecule has 0 spiro atoms.